The summed E-state index contributed by atoms with van der Waals surface area (Å²) in [5.41, 5.74) is 3.05. The quantitative estimate of drug-likeness (QED) is 0.243. The number of carbonyl (C=O) groups is 2. The predicted octanol–water partition coefficient (Wildman–Crippen LogP) is 5.50. The van der Waals surface area contributed by atoms with Gasteiger partial charge in [0.05, 0.1) is 5.57 Å². The third kappa shape index (κ3) is 2.95. The highest BCUT2D eigenvalue weighted by atomic mass is 32.1. The van der Waals surface area contributed by atoms with E-state index in [-0.39, 0.29) is 17.1 Å². The Labute approximate surface area is 209 Å². The third-order valence-electron chi connectivity index (χ3n) is 6.48. The lowest BCUT2D eigenvalue weighted by Gasteiger charge is -2.06. The van der Waals surface area contributed by atoms with E-state index >= 15 is 0 Å². The maximum Gasteiger partial charge on any atom is 0.197 e. The Kier molecular flexibility index (Phi) is 4.40. The van der Waals surface area contributed by atoms with E-state index in [0.29, 0.717) is 34.1 Å². The minimum absolute atomic E-state index is 0.105. The molecule has 7 nitrogen and oxygen atoms in total. The van der Waals surface area contributed by atoms with Gasteiger partial charge in [-0.3, -0.25) is 14.2 Å². The van der Waals surface area contributed by atoms with E-state index in [1.54, 1.807) is 24.4 Å². The molecule has 7 rings (SSSR count). The first kappa shape index (κ1) is 20.7. The van der Waals surface area contributed by atoms with E-state index in [1.807, 2.05) is 76.2 Å². The molecule has 0 radical (unpaired) electrons. The van der Waals surface area contributed by atoms with Crippen molar-refractivity contribution >= 4 is 51.0 Å². The molecule has 0 saturated heterocycles. The van der Waals surface area contributed by atoms with Crippen molar-refractivity contribution in [2.45, 2.75) is 0 Å². The molecule has 3 aromatic carbocycles. The predicted molar refractivity (Wildman–Crippen MR) is 140 cm³/mol. The Bertz CT molecular complexity index is 1820. The molecule has 1 aliphatic rings. The molecule has 8 heteroatoms. The van der Waals surface area contributed by atoms with Gasteiger partial charge < -0.3 is 4.57 Å². The molecule has 1 aliphatic carbocycles. The zero-order valence-corrected chi connectivity index (χ0v) is 19.9. The Morgan fingerprint density at radius 2 is 1.50 bits per heavy atom. The van der Waals surface area contributed by atoms with Crippen molar-refractivity contribution < 1.29 is 9.59 Å². The Morgan fingerprint density at radius 1 is 0.833 bits per heavy atom. The summed E-state index contributed by atoms with van der Waals surface area (Å²) in [7, 11) is 1.89. The highest BCUT2D eigenvalue weighted by Crippen LogP contribution is 2.33. The standard InChI is InChI=1S/C28H17N5O2S/c1-32-25-26(31-27(32)28-29-11-12-36-28)33(18-9-3-2-4-10-18)22(30-25)15-21-23(34)19-13-16-7-5-6-8-17(16)14-20(19)24(21)35/h2-15H,1H3. The van der Waals surface area contributed by atoms with Crippen LogP contribution in [0.15, 0.2) is 83.9 Å². The fourth-order valence-corrected chi connectivity index (χ4v) is 5.40. The smallest absolute Gasteiger partial charge is 0.197 e. The molecule has 6 aromatic rings. The van der Waals surface area contributed by atoms with Crippen molar-refractivity contribution in [2.75, 3.05) is 0 Å². The van der Waals surface area contributed by atoms with E-state index in [2.05, 4.69) is 4.98 Å². The molecule has 0 unspecified atom stereocenters. The van der Waals surface area contributed by atoms with Crippen LogP contribution in [-0.2, 0) is 7.05 Å². The monoisotopic (exact) mass is 487 g/mol. The van der Waals surface area contributed by atoms with Crippen LogP contribution in [0.1, 0.15) is 26.5 Å². The van der Waals surface area contributed by atoms with E-state index in [0.717, 1.165) is 21.5 Å². The SMILES string of the molecule is Cn1c(-c2nccs2)nc2c1nc(C=C1C(=O)c3cc4ccccc4cc3C1=O)n2-c1ccccc1. The minimum atomic E-state index is -0.288. The average molecular weight is 488 g/mol. The van der Waals surface area contributed by atoms with Crippen LogP contribution in [0, 0.1) is 0 Å². The van der Waals surface area contributed by atoms with Gasteiger partial charge in [0.2, 0.25) is 0 Å². The molecule has 0 aliphatic heterocycles. The fraction of sp³-hybridized carbons (Fsp3) is 0.0357. The molecule has 0 bridgehead atoms. The van der Waals surface area contributed by atoms with Crippen LogP contribution >= 0.6 is 11.3 Å². The molecular weight excluding hydrogens is 470 g/mol. The van der Waals surface area contributed by atoms with E-state index in [1.165, 1.54) is 11.3 Å². The molecule has 3 heterocycles. The second-order valence-corrected chi connectivity index (χ2v) is 9.48. The fourth-order valence-electron chi connectivity index (χ4n) is 4.74. The van der Waals surface area contributed by atoms with Crippen LogP contribution in [0.4, 0.5) is 0 Å². The number of rotatable bonds is 3. The summed E-state index contributed by atoms with van der Waals surface area (Å²) in [4.78, 5) is 40.8. The van der Waals surface area contributed by atoms with Gasteiger partial charge in [0.1, 0.15) is 5.82 Å². The number of aromatic nitrogens is 5. The topological polar surface area (TPSA) is 82.7 Å². The third-order valence-corrected chi connectivity index (χ3v) is 7.25. The number of aryl methyl sites for hydroxylation is 1. The summed E-state index contributed by atoms with van der Waals surface area (Å²) >= 11 is 1.50. The normalized spacial score (nSPS) is 13.2. The summed E-state index contributed by atoms with van der Waals surface area (Å²) < 4.78 is 3.76. The lowest BCUT2D eigenvalue weighted by molar-refractivity contribution is 0.0990. The van der Waals surface area contributed by atoms with E-state index in [9.17, 15) is 9.59 Å². The lowest BCUT2D eigenvalue weighted by Crippen LogP contribution is -2.04. The van der Waals surface area contributed by atoms with Crippen LogP contribution in [-0.4, -0.2) is 35.7 Å². The highest BCUT2D eigenvalue weighted by Gasteiger charge is 2.34. The van der Waals surface area contributed by atoms with Gasteiger partial charge >= 0.3 is 0 Å². The van der Waals surface area contributed by atoms with Gasteiger partial charge in [0.15, 0.2) is 33.7 Å². The molecule has 36 heavy (non-hydrogen) atoms. The van der Waals surface area contributed by atoms with Gasteiger partial charge in [-0.05, 0) is 41.1 Å². The summed E-state index contributed by atoms with van der Waals surface area (Å²) in [5, 5.41) is 4.54. The van der Waals surface area contributed by atoms with Gasteiger partial charge in [-0.15, -0.1) is 11.3 Å². The first-order valence-electron chi connectivity index (χ1n) is 11.3. The number of imidazole rings is 2. The van der Waals surface area contributed by atoms with Gasteiger partial charge in [-0.25, -0.2) is 15.0 Å². The largest absolute Gasteiger partial charge is 0.308 e. The second kappa shape index (κ2) is 7.66. The molecular formula is C28H17N5O2S. The van der Waals surface area contributed by atoms with E-state index in [4.69, 9.17) is 9.97 Å². The number of hydrogen-bond donors (Lipinski definition) is 0. The molecule has 0 amide bonds. The van der Waals surface area contributed by atoms with Crippen LogP contribution < -0.4 is 0 Å². The van der Waals surface area contributed by atoms with Gasteiger partial charge in [-0.1, -0.05) is 42.5 Å². The maximum atomic E-state index is 13.4. The first-order chi connectivity index (χ1) is 17.6. The van der Waals surface area contributed by atoms with Crippen molar-refractivity contribution in [3.05, 3.63) is 101 Å². The van der Waals surface area contributed by atoms with Crippen molar-refractivity contribution in [2.24, 2.45) is 7.05 Å². The summed E-state index contributed by atoms with van der Waals surface area (Å²) in [6.45, 7) is 0. The van der Waals surface area contributed by atoms with Gasteiger partial charge in [0.25, 0.3) is 0 Å². The van der Waals surface area contributed by atoms with Gasteiger partial charge in [-0.2, -0.15) is 0 Å². The number of carbonyl (C=O) groups excluding carboxylic acids is 2. The zero-order valence-electron chi connectivity index (χ0n) is 19.0. The van der Waals surface area contributed by atoms with Crippen molar-refractivity contribution in [1.29, 1.82) is 0 Å². The number of Topliss-reactive ketones (excluding diaryl/α,β-unsaturated/α-hetero) is 2. The first-order valence-corrected chi connectivity index (χ1v) is 12.2. The van der Waals surface area contributed by atoms with E-state index < -0.39 is 0 Å². The Balaban J connectivity index is 1.44. The number of benzene rings is 3. The number of allylic oxidation sites excluding steroid dienone is 1. The zero-order chi connectivity index (χ0) is 24.4. The van der Waals surface area contributed by atoms with Crippen LogP contribution in [0.3, 0.4) is 0 Å². The van der Waals surface area contributed by atoms with Crippen LogP contribution in [0.5, 0.6) is 0 Å². The minimum Gasteiger partial charge on any atom is -0.308 e. The number of nitrogens with zero attached hydrogens (tertiary/aromatic N) is 5. The van der Waals surface area contributed by atoms with Crippen LogP contribution in [0.2, 0.25) is 0 Å². The van der Waals surface area contributed by atoms with Gasteiger partial charge in [0, 0.05) is 35.4 Å². The number of thiazole rings is 1. The van der Waals surface area contributed by atoms with Crippen molar-refractivity contribution in [3.63, 3.8) is 0 Å². The van der Waals surface area contributed by atoms with Crippen molar-refractivity contribution in [1.82, 2.24) is 24.1 Å². The molecule has 172 valence electrons. The number of hydrogen-bond acceptors (Lipinski definition) is 6. The van der Waals surface area contributed by atoms with Crippen molar-refractivity contribution in [3.8, 4) is 16.5 Å². The molecule has 3 aromatic heterocycles. The van der Waals surface area contributed by atoms with Crippen LogP contribution in [0.25, 0.3) is 44.7 Å². The Morgan fingerprint density at radius 3 is 2.14 bits per heavy atom. The number of fused-ring (bicyclic) bond motifs is 3. The molecule has 0 saturated carbocycles. The lowest BCUT2D eigenvalue weighted by atomic mass is 10.0. The average Bonchev–Trinajstić information content (AvgIpc) is 3.66. The number of para-hydroxylation sites is 1. The molecule has 0 N–H and O–H groups in total. The summed E-state index contributed by atoms with van der Waals surface area (Å²) in [6.07, 6.45) is 3.33. The summed E-state index contributed by atoms with van der Waals surface area (Å²) in [5.74, 6) is 0.597. The number of ketones is 2. The molecule has 0 atom stereocenters. The highest BCUT2D eigenvalue weighted by molar-refractivity contribution is 7.13. The molecule has 0 fully saturated rings. The molecule has 0 spiro atoms. The maximum absolute atomic E-state index is 13.4. The second-order valence-electron chi connectivity index (χ2n) is 8.58. The summed E-state index contributed by atoms with van der Waals surface area (Å²) in [6, 6.07) is 21.0. The Hall–Kier alpha value is -4.69.